The summed E-state index contributed by atoms with van der Waals surface area (Å²) in [6, 6.07) is 16.2. The van der Waals surface area contributed by atoms with Gasteiger partial charge < -0.3 is 0 Å². The lowest BCUT2D eigenvalue weighted by Crippen LogP contribution is -2.35. The standard InChI is InChI=1S/C23H23FN2O4S2/c1-2-17-5-11-21(12-6-17)31(27,28)25-20-10-7-18-4-3-15-26(23(18)16-20)32(29,30)22-13-8-19(24)9-14-22/h5-14,16,25H,2-4,15H2,1H3. The fourth-order valence-corrected chi connectivity index (χ4v) is 6.29. The van der Waals surface area contributed by atoms with E-state index < -0.39 is 25.9 Å². The Kier molecular flexibility index (Phi) is 5.96. The molecule has 0 unspecified atom stereocenters. The van der Waals surface area contributed by atoms with Crippen LogP contribution in [0.1, 0.15) is 24.5 Å². The van der Waals surface area contributed by atoms with Crippen molar-refractivity contribution in [2.75, 3.05) is 15.6 Å². The fraction of sp³-hybridized carbons (Fsp3) is 0.217. The molecule has 0 amide bonds. The molecule has 0 saturated carbocycles. The van der Waals surface area contributed by atoms with Gasteiger partial charge in [-0.15, -0.1) is 0 Å². The van der Waals surface area contributed by atoms with Gasteiger partial charge in [-0.2, -0.15) is 0 Å². The quantitative estimate of drug-likeness (QED) is 0.576. The van der Waals surface area contributed by atoms with E-state index in [1.165, 1.54) is 22.5 Å². The van der Waals surface area contributed by atoms with E-state index in [1.54, 1.807) is 36.4 Å². The Morgan fingerprint density at radius 3 is 2.22 bits per heavy atom. The number of fused-ring (bicyclic) bond motifs is 1. The van der Waals surface area contributed by atoms with Crippen LogP contribution < -0.4 is 9.03 Å². The topological polar surface area (TPSA) is 83.6 Å². The van der Waals surface area contributed by atoms with E-state index in [0.29, 0.717) is 18.5 Å². The van der Waals surface area contributed by atoms with Crippen LogP contribution in [0.25, 0.3) is 0 Å². The first-order valence-corrected chi connectivity index (χ1v) is 13.2. The zero-order chi connectivity index (χ0) is 22.9. The maximum atomic E-state index is 13.3. The van der Waals surface area contributed by atoms with Crippen LogP contribution >= 0.6 is 0 Å². The molecule has 0 bridgehead atoms. The van der Waals surface area contributed by atoms with Crippen LogP contribution in [0.4, 0.5) is 15.8 Å². The summed E-state index contributed by atoms with van der Waals surface area (Å²) in [6.07, 6.45) is 2.11. The summed E-state index contributed by atoms with van der Waals surface area (Å²) in [6.45, 7) is 2.24. The van der Waals surface area contributed by atoms with Crippen LogP contribution in [0.5, 0.6) is 0 Å². The number of anilines is 2. The number of hydrogen-bond acceptors (Lipinski definition) is 4. The Bertz CT molecular complexity index is 1340. The third-order valence-electron chi connectivity index (χ3n) is 5.46. The minimum atomic E-state index is -3.92. The molecule has 0 radical (unpaired) electrons. The van der Waals surface area contributed by atoms with Crippen molar-refractivity contribution in [2.24, 2.45) is 0 Å². The van der Waals surface area contributed by atoms with E-state index in [1.807, 2.05) is 6.92 Å². The molecule has 0 atom stereocenters. The monoisotopic (exact) mass is 474 g/mol. The highest BCUT2D eigenvalue weighted by Crippen LogP contribution is 2.34. The summed E-state index contributed by atoms with van der Waals surface area (Å²) in [4.78, 5) is 0.108. The molecule has 3 aromatic rings. The smallest absolute Gasteiger partial charge is 0.264 e. The summed E-state index contributed by atoms with van der Waals surface area (Å²) >= 11 is 0. The van der Waals surface area contributed by atoms with E-state index in [2.05, 4.69) is 4.72 Å². The Hall–Kier alpha value is -2.91. The average Bonchev–Trinajstić information content (AvgIpc) is 2.78. The summed E-state index contributed by atoms with van der Waals surface area (Å²) in [7, 11) is -7.76. The minimum absolute atomic E-state index is 0.0197. The molecule has 0 aromatic heterocycles. The van der Waals surface area contributed by atoms with Crippen LogP contribution in [0.2, 0.25) is 0 Å². The van der Waals surface area contributed by atoms with Gasteiger partial charge in [0, 0.05) is 6.54 Å². The predicted octanol–water partition coefficient (Wildman–Crippen LogP) is 4.33. The lowest BCUT2D eigenvalue weighted by Gasteiger charge is -2.31. The number of hydrogen-bond donors (Lipinski definition) is 1. The molecule has 1 aliphatic heterocycles. The average molecular weight is 475 g/mol. The van der Waals surface area contributed by atoms with Gasteiger partial charge in [0.2, 0.25) is 0 Å². The molecular weight excluding hydrogens is 451 g/mol. The number of rotatable bonds is 6. The maximum Gasteiger partial charge on any atom is 0.264 e. The van der Waals surface area contributed by atoms with Crippen molar-refractivity contribution >= 4 is 31.4 Å². The molecule has 3 aromatic carbocycles. The molecule has 1 aliphatic rings. The maximum absolute atomic E-state index is 13.3. The van der Waals surface area contributed by atoms with Crippen molar-refractivity contribution in [2.45, 2.75) is 36.0 Å². The van der Waals surface area contributed by atoms with Crippen LogP contribution in [-0.2, 0) is 32.9 Å². The zero-order valence-electron chi connectivity index (χ0n) is 17.5. The summed E-state index contributed by atoms with van der Waals surface area (Å²) < 4.78 is 69.1. The largest absolute Gasteiger partial charge is 0.280 e. The van der Waals surface area contributed by atoms with Crippen LogP contribution in [0.15, 0.2) is 76.5 Å². The molecule has 0 fully saturated rings. The second-order valence-corrected chi connectivity index (χ2v) is 11.1. The first-order valence-electron chi connectivity index (χ1n) is 10.2. The number of sulfonamides is 2. The molecule has 0 saturated heterocycles. The summed E-state index contributed by atoms with van der Waals surface area (Å²) in [5.41, 5.74) is 2.52. The molecule has 168 valence electrons. The van der Waals surface area contributed by atoms with Gasteiger partial charge in [0.1, 0.15) is 5.82 Å². The van der Waals surface area contributed by atoms with Gasteiger partial charge in [-0.05, 0) is 78.9 Å². The Morgan fingerprint density at radius 2 is 1.56 bits per heavy atom. The van der Waals surface area contributed by atoms with Crippen LogP contribution in [0, 0.1) is 5.82 Å². The lowest BCUT2D eigenvalue weighted by atomic mass is 10.0. The van der Waals surface area contributed by atoms with Gasteiger partial charge in [-0.25, -0.2) is 21.2 Å². The van der Waals surface area contributed by atoms with Crippen molar-refractivity contribution in [1.29, 1.82) is 0 Å². The van der Waals surface area contributed by atoms with E-state index in [-0.39, 0.29) is 22.0 Å². The van der Waals surface area contributed by atoms with Gasteiger partial charge in [0.25, 0.3) is 20.0 Å². The Labute approximate surface area is 187 Å². The number of nitrogens with zero attached hydrogens (tertiary/aromatic N) is 1. The van der Waals surface area contributed by atoms with Crippen molar-refractivity contribution in [3.8, 4) is 0 Å². The SMILES string of the molecule is CCc1ccc(S(=O)(=O)Nc2ccc3c(c2)N(S(=O)(=O)c2ccc(F)cc2)CCC3)cc1. The second kappa shape index (κ2) is 8.55. The van der Waals surface area contributed by atoms with Crippen molar-refractivity contribution < 1.29 is 21.2 Å². The fourth-order valence-electron chi connectivity index (χ4n) is 3.71. The van der Waals surface area contributed by atoms with E-state index >= 15 is 0 Å². The molecule has 1 heterocycles. The molecule has 4 rings (SSSR count). The highest BCUT2D eigenvalue weighted by Gasteiger charge is 2.29. The Balaban J connectivity index is 1.67. The number of benzene rings is 3. The minimum Gasteiger partial charge on any atom is -0.280 e. The number of aryl methyl sites for hydroxylation is 2. The summed E-state index contributed by atoms with van der Waals surface area (Å²) in [5, 5.41) is 0. The highest BCUT2D eigenvalue weighted by molar-refractivity contribution is 7.93. The van der Waals surface area contributed by atoms with Crippen molar-refractivity contribution in [3.63, 3.8) is 0 Å². The number of halogens is 1. The zero-order valence-corrected chi connectivity index (χ0v) is 19.1. The van der Waals surface area contributed by atoms with E-state index in [0.717, 1.165) is 29.7 Å². The normalized spacial score (nSPS) is 14.1. The number of nitrogens with one attached hydrogen (secondary N) is 1. The first-order chi connectivity index (χ1) is 15.2. The van der Waals surface area contributed by atoms with Crippen LogP contribution in [-0.4, -0.2) is 23.4 Å². The van der Waals surface area contributed by atoms with E-state index in [9.17, 15) is 21.2 Å². The Morgan fingerprint density at radius 1 is 0.906 bits per heavy atom. The molecule has 9 heteroatoms. The van der Waals surface area contributed by atoms with Gasteiger partial charge in [-0.3, -0.25) is 9.03 Å². The van der Waals surface area contributed by atoms with Gasteiger partial charge in [0.15, 0.2) is 0 Å². The van der Waals surface area contributed by atoms with Gasteiger partial charge in [0.05, 0.1) is 21.2 Å². The molecule has 1 N–H and O–H groups in total. The van der Waals surface area contributed by atoms with Gasteiger partial charge >= 0.3 is 0 Å². The predicted molar refractivity (Wildman–Crippen MR) is 122 cm³/mol. The third-order valence-corrected chi connectivity index (χ3v) is 8.68. The van der Waals surface area contributed by atoms with Crippen LogP contribution in [0.3, 0.4) is 0 Å². The summed E-state index contributed by atoms with van der Waals surface area (Å²) in [5.74, 6) is -0.522. The molecule has 32 heavy (non-hydrogen) atoms. The van der Waals surface area contributed by atoms with E-state index in [4.69, 9.17) is 0 Å². The van der Waals surface area contributed by atoms with Gasteiger partial charge in [-0.1, -0.05) is 25.1 Å². The van der Waals surface area contributed by atoms with Crippen molar-refractivity contribution in [3.05, 3.63) is 83.7 Å². The first kappa shape index (κ1) is 22.3. The highest BCUT2D eigenvalue weighted by atomic mass is 32.2. The second-order valence-electron chi connectivity index (χ2n) is 7.58. The molecular formula is C23H23FN2O4S2. The lowest BCUT2D eigenvalue weighted by molar-refractivity contribution is 0.585. The molecule has 6 nitrogen and oxygen atoms in total. The third kappa shape index (κ3) is 4.35. The molecule has 0 aliphatic carbocycles. The molecule has 0 spiro atoms. The van der Waals surface area contributed by atoms with Crippen molar-refractivity contribution in [1.82, 2.24) is 0 Å².